The normalized spacial score (nSPS) is 12.6. The third kappa shape index (κ3) is 2.92. The topological polar surface area (TPSA) is 80.9 Å². The first kappa shape index (κ1) is 18.7. The summed E-state index contributed by atoms with van der Waals surface area (Å²) in [5, 5.41) is 12.1. The molecule has 1 aromatic heterocycles. The zero-order chi connectivity index (χ0) is 20.0. The van der Waals surface area contributed by atoms with E-state index >= 15 is 0 Å². The van der Waals surface area contributed by atoms with E-state index in [2.05, 4.69) is 20.9 Å². The van der Waals surface area contributed by atoms with Gasteiger partial charge in [-0.1, -0.05) is 28.1 Å². The summed E-state index contributed by atoms with van der Waals surface area (Å²) in [6, 6.07) is 11.9. The summed E-state index contributed by atoms with van der Waals surface area (Å²) in [6.07, 6.45) is 0. The van der Waals surface area contributed by atoms with E-state index in [1.165, 1.54) is 11.7 Å². The van der Waals surface area contributed by atoms with Crippen LogP contribution in [0.15, 0.2) is 51.9 Å². The van der Waals surface area contributed by atoms with Crippen LogP contribution in [0.1, 0.15) is 15.2 Å². The average molecular weight is 475 g/mol. The number of amides is 1. The Bertz CT molecular complexity index is 1340. The lowest BCUT2D eigenvalue weighted by molar-refractivity contribution is -0.112. The molecule has 28 heavy (non-hydrogen) atoms. The van der Waals surface area contributed by atoms with Crippen LogP contribution in [0, 0.1) is 3.95 Å². The number of ether oxygens (including phenoxy) is 1. The number of aromatic nitrogens is 1. The van der Waals surface area contributed by atoms with Crippen molar-refractivity contribution in [2.24, 2.45) is 4.99 Å². The maximum Gasteiger partial charge on any atom is 0.339 e. The van der Waals surface area contributed by atoms with E-state index in [1.807, 2.05) is 0 Å². The molecule has 2 aromatic carbocycles. The van der Waals surface area contributed by atoms with Crippen LogP contribution in [0.5, 0.6) is 5.88 Å². The number of hydrogen-bond acceptors (Lipinski definition) is 6. The fraction of sp³-hybridized carbons (Fsp3) is 0.0526. The summed E-state index contributed by atoms with van der Waals surface area (Å²) in [5.41, 5.74) is 0.896. The Morgan fingerprint density at radius 3 is 2.79 bits per heavy atom. The highest BCUT2D eigenvalue weighted by atomic mass is 79.9. The predicted octanol–water partition coefficient (Wildman–Crippen LogP) is 2.88. The smallest absolute Gasteiger partial charge is 0.339 e. The number of fused-ring (bicyclic) bond motifs is 1. The molecule has 0 fully saturated rings. The lowest BCUT2D eigenvalue weighted by atomic mass is 10.1. The Morgan fingerprint density at radius 1 is 1.29 bits per heavy atom. The van der Waals surface area contributed by atoms with Crippen molar-refractivity contribution in [3.63, 3.8) is 0 Å². The van der Waals surface area contributed by atoms with Crippen LogP contribution >= 0.6 is 39.5 Å². The maximum atomic E-state index is 12.5. The van der Waals surface area contributed by atoms with Crippen molar-refractivity contribution >= 4 is 56.9 Å². The van der Waals surface area contributed by atoms with Crippen LogP contribution in [0.2, 0.25) is 0 Å². The van der Waals surface area contributed by atoms with Crippen molar-refractivity contribution in [1.29, 1.82) is 0 Å². The van der Waals surface area contributed by atoms with Crippen LogP contribution in [-0.4, -0.2) is 28.7 Å². The van der Waals surface area contributed by atoms with Crippen molar-refractivity contribution in [2.45, 2.75) is 0 Å². The number of benzene rings is 2. The summed E-state index contributed by atoms with van der Waals surface area (Å²) in [7, 11) is 1.28. The fourth-order valence-corrected chi connectivity index (χ4v) is 4.73. The molecule has 0 radical (unpaired) electrons. The third-order valence-electron chi connectivity index (χ3n) is 4.23. The van der Waals surface area contributed by atoms with Crippen LogP contribution in [0.3, 0.4) is 0 Å². The summed E-state index contributed by atoms with van der Waals surface area (Å²) >= 11 is 9.90. The van der Waals surface area contributed by atoms with E-state index in [4.69, 9.17) is 17.0 Å². The molecule has 0 atom stereocenters. The highest BCUT2D eigenvalue weighted by Crippen LogP contribution is 2.36. The number of para-hydroxylation sites is 1. The number of carbonyl (C=O) groups excluding carboxylic acids is 2. The van der Waals surface area contributed by atoms with Gasteiger partial charge in [0, 0.05) is 9.69 Å². The summed E-state index contributed by atoms with van der Waals surface area (Å²) < 4.78 is 7.25. The Kier molecular flexibility index (Phi) is 4.74. The molecule has 1 N–H and O–H groups in total. The standard InChI is InChI=1S/C19H11BrN2O4S2/c1-26-18(25)10-4-2-3-5-13(10)22-17(24)15(28-19(22)27)14-11-8-9(20)6-7-12(11)21-16(14)23/h2-8,24H,1H3. The van der Waals surface area contributed by atoms with E-state index in [-0.39, 0.29) is 21.0 Å². The molecule has 1 aliphatic rings. The molecule has 1 amide bonds. The molecule has 0 spiro atoms. The molecule has 0 aliphatic carbocycles. The van der Waals surface area contributed by atoms with Gasteiger partial charge in [0.1, 0.15) is 4.88 Å². The van der Waals surface area contributed by atoms with E-state index in [0.717, 1.165) is 15.8 Å². The van der Waals surface area contributed by atoms with E-state index < -0.39 is 11.9 Å². The predicted molar refractivity (Wildman–Crippen MR) is 110 cm³/mol. The first-order chi connectivity index (χ1) is 13.4. The highest BCUT2D eigenvalue weighted by Gasteiger charge is 2.27. The van der Waals surface area contributed by atoms with Crippen molar-refractivity contribution in [1.82, 2.24) is 4.57 Å². The minimum atomic E-state index is -0.557. The Morgan fingerprint density at radius 2 is 2.04 bits per heavy atom. The molecule has 0 unspecified atom stereocenters. The minimum absolute atomic E-state index is 0.224. The van der Waals surface area contributed by atoms with Gasteiger partial charge in [-0.05, 0) is 42.5 Å². The van der Waals surface area contributed by atoms with Gasteiger partial charge in [-0.2, -0.15) is 0 Å². The van der Waals surface area contributed by atoms with E-state index in [0.29, 0.717) is 21.1 Å². The Balaban J connectivity index is 2.01. The monoisotopic (exact) mass is 474 g/mol. The van der Waals surface area contributed by atoms with Gasteiger partial charge in [-0.3, -0.25) is 9.36 Å². The molecule has 6 nitrogen and oxygen atoms in total. The van der Waals surface area contributed by atoms with Gasteiger partial charge in [-0.15, -0.1) is 11.3 Å². The lowest BCUT2D eigenvalue weighted by Gasteiger charge is -2.10. The molecule has 3 aromatic rings. The number of halogens is 1. The molecule has 0 saturated carbocycles. The number of esters is 1. The highest BCUT2D eigenvalue weighted by molar-refractivity contribution is 9.10. The quantitative estimate of drug-likeness (QED) is 0.466. The molecule has 2 heterocycles. The number of aromatic hydroxyl groups is 1. The summed E-state index contributed by atoms with van der Waals surface area (Å²) in [4.78, 5) is 29.0. The molecule has 1 aliphatic heterocycles. The Hall–Kier alpha value is -2.62. The van der Waals surface area contributed by atoms with Gasteiger partial charge in [0.15, 0.2) is 3.95 Å². The number of carbonyl (C=O) groups is 2. The van der Waals surface area contributed by atoms with Crippen molar-refractivity contribution in [3.05, 3.63) is 71.9 Å². The molecular weight excluding hydrogens is 464 g/mol. The van der Waals surface area contributed by atoms with Crippen LogP contribution in [-0.2, 0) is 9.53 Å². The number of thiazole rings is 1. The molecule has 140 valence electrons. The molecular formula is C19H11BrN2O4S2. The largest absolute Gasteiger partial charge is 0.493 e. The first-order valence-corrected chi connectivity index (χ1v) is 10.00. The number of hydrogen-bond donors (Lipinski definition) is 1. The second-order valence-corrected chi connectivity index (χ2v) is 8.38. The zero-order valence-electron chi connectivity index (χ0n) is 14.3. The number of methoxy groups -OCH3 is 1. The molecule has 9 heteroatoms. The van der Waals surface area contributed by atoms with Gasteiger partial charge in [-0.25, -0.2) is 9.79 Å². The summed E-state index contributed by atoms with van der Waals surface area (Å²) in [6.45, 7) is 0. The average Bonchev–Trinajstić information content (AvgIpc) is 3.15. The maximum absolute atomic E-state index is 12.5. The Labute approximate surface area is 176 Å². The van der Waals surface area contributed by atoms with Crippen molar-refractivity contribution in [3.8, 4) is 11.6 Å². The summed E-state index contributed by atoms with van der Waals surface area (Å²) in [5.74, 6) is -1.23. The SMILES string of the molecule is COC(=O)c1ccccc1-n1c(O)c(C2=c3cc(Br)ccc3=NC2=O)sc1=S. The third-order valence-corrected chi connectivity index (χ3v) is 6.10. The zero-order valence-corrected chi connectivity index (χ0v) is 17.5. The number of rotatable bonds is 3. The van der Waals surface area contributed by atoms with Crippen LogP contribution in [0.25, 0.3) is 11.3 Å². The lowest BCUT2D eigenvalue weighted by Crippen LogP contribution is -2.22. The van der Waals surface area contributed by atoms with Gasteiger partial charge in [0.2, 0.25) is 5.88 Å². The van der Waals surface area contributed by atoms with E-state index in [9.17, 15) is 14.7 Å². The molecule has 0 bridgehead atoms. The van der Waals surface area contributed by atoms with Gasteiger partial charge in [0.05, 0.1) is 29.3 Å². The minimum Gasteiger partial charge on any atom is -0.493 e. The van der Waals surface area contributed by atoms with Crippen LogP contribution < -0.4 is 10.6 Å². The second kappa shape index (κ2) is 7.08. The second-order valence-electron chi connectivity index (χ2n) is 5.82. The fourth-order valence-electron chi connectivity index (χ4n) is 3.00. The number of nitrogens with zero attached hydrogens (tertiary/aromatic N) is 2. The van der Waals surface area contributed by atoms with Gasteiger partial charge < -0.3 is 9.84 Å². The molecule has 4 rings (SSSR count). The first-order valence-electron chi connectivity index (χ1n) is 7.98. The van der Waals surface area contributed by atoms with Crippen LogP contribution in [0.4, 0.5) is 0 Å². The van der Waals surface area contributed by atoms with Gasteiger partial charge >= 0.3 is 5.97 Å². The van der Waals surface area contributed by atoms with Gasteiger partial charge in [0.25, 0.3) is 5.91 Å². The molecule has 0 saturated heterocycles. The van der Waals surface area contributed by atoms with Crippen molar-refractivity contribution < 1.29 is 19.4 Å². The van der Waals surface area contributed by atoms with E-state index in [1.54, 1.807) is 42.5 Å². The van der Waals surface area contributed by atoms with Crippen molar-refractivity contribution in [2.75, 3.05) is 7.11 Å².